The Morgan fingerprint density at radius 1 is 1.40 bits per heavy atom. The predicted molar refractivity (Wildman–Crippen MR) is 59.9 cm³/mol. The van der Waals surface area contributed by atoms with Gasteiger partial charge in [0.1, 0.15) is 0 Å². The third kappa shape index (κ3) is 3.28. The minimum Gasteiger partial charge on any atom is -0.259 e. The highest BCUT2D eigenvalue weighted by Gasteiger charge is 2.26. The zero-order chi connectivity index (χ0) is 11.5. The first-order valence-corrected chi connectivity index (χ1v) is 6.46. The molecule has 0 aromatic carbocycles. The lowest BCUT2D eigenvalue weighted by atomic mass is 10.0. The van der Waals surface area contributed by atoms with Crippen molar-refractivity contribution in [2.45, 2.75) is 26.3 Å². The summed E-state index contributed by atoms with van der Waals surface area (Å²) in [6.07, 6.45) is 1.65. The zero-order valence-electron chi connectivity index (χ0n) is 9.19. The molecule has 4 nitrogen and oxygen atoms in total. The summed E-state index contributed by atoms with van der Waals surface area (Å²) in [4.78, 5) is 4.14. The van der Waals surface area contributed by atoms with Gasteiger partial charge in [0.05, 0.1) is 17.0 Å². The standard InChI is InChI=1S/C10H16N2O2S/c1-4-15(13,14)12-10(2,3)9-7-5-6-8-11-9/h5-8,12H,4H2,1-3H3. The number of sulfonamides is 1. The highest BCUT2D eigenvalue weighted by molar-refractivity contribution is 7.89. The minimum atomic E-state index is -3.22. The van der Waals surface area contributed by atoms with E-state index in [9.17, 15) is 8.42 Å². The average Bonchev–Trinajstić information content (AvgIpc) is 2.18. The molecule has 1 aromatic rings. The van der Waals surface area contributed by atoms with Gasteiger partial charge in [0.25, 0.3) is 0 Å². The van der Waals surface area contributed by atoms with Gasteiger partial charge in [-0.2, -0.15) is 0 Å². The molecule has 84 valence electrons. The van der Waals surface area contributed by atoms with Crippen LogP contribution >= 0.6 is 0 Å². The van der Waals surface area contributed by atoms with Gasteiger partial charge in [-0.15, -0.1) is 0 Å². The lowest BCUT2D eigenvalue weighted by molar-refractivity contribution is 0.460. The summed E-state index contributed by atoms with van der Waals surface area (Å²) < 4.78 is 25.5. The second-order valence-corrected chi connectivity index (χ2v) is 5.86. The normalized spacial score (nSPS) is 12.7. The van der Waals surface area contributed by atoms with E-state index >= 15 is 0 Å². The van der Waals surface area contributed by atoms with Crippen LogP contribution in [0.3, 0.4) is 0 Å². The highest BCUT2D eigenvalue weighted by Crippen LogP contribution is 2.18. The van der Waals surface area contributed by atoms with Crippen LogP contribution < -0.4 is 4.72 Å². The van der Waals surface area contributed by atoms with Crippen LogP contribution in [0.15, 0.2) is 24.4 Å². The van der Waals surface area contributed by atoms with E-state index in [-0.39, 0.29) is 5.75 Å². The number of rotatable bonds is 4. The van der Waals surface area contributed by atoms with Crippen molar-refractivity contribution in [2.24, 2.45) is 0 Å². The Bertz CT molecular complexity index is 412. The highest BCUT2D eigenvalue weighted by atomic mass is 32.2. The van der Waals surface area contributed by atoms with Gasteiger partial charge in [-0.25, -0.2) is 13.1 Å². The summed E-state index contributed by atoms with van der Waals surface area (Å²) in [6.45, 7) is 5.20. The number of hydrogen-bond donors (Lipinski definition) is 1. The van der Waals surface area contributed by atoms with Crippen LogP contribution in [0.1, 0.15) is 26.5 Å². The van der Waals surface area contributed by atoms with Crippen molar-refractivity contribution in [1.29, 1.82) is 0 Å². The molecule has 1 aromatic heterocycles. The Labute approximate surface area is 90.8 Å². The van der Waals surface area contributed by atoms with Crippen LogP contribution in [0.2, 0.25) is 0 Å². The Morgan fingerprint density at radius 2 is 2.07 bits per heavy atom. The smallest absolute Gasteiger partial charge is 0.212 e. The molecule has 0 spiro atoms. The van der Waals surface area contributed by atoms with E-state index in [4.69, 9.17) is 0 Å². The fourth-order valence-electron chi connectivity index (χ4n) is 1.25. The molecule has 0 unspecified atom stereocenters. The third-order valence-electron chi connectivity index (χ3n) is 2.10. The predicted octanol–water partition coefficient (Wildman–Crippen LogP) is 1.26. The molecule has 0 fully saturated rings. The van der Waals surface area contributed by atoms with Crippen LogP contribution in [-0.2, 0) is 15.6 Å². The van der Waals surface area contributed by atoms with Gasteiger partial charge >= 0.3 is 0 Å². The number of aromatic nitrogens is 1. The Morgan fingerprint density at radius 3 is 2.53 bits per heavy atom. The van der Waals surface area contributed by atoms with Gasteiger partial charge in [-0.05, 0) is 32.9 Å². The summed E-state index contributed by atoms with van der Waals surface area (Å²) >= 11 is 0. The maximum Gasteiger partial charge on any atom is 0.212 e. The maximum absolute atomic E-state index is 11.4. The molecule has 1 heterocycles. The summed E-state index contributed by atoms with van der Waals surface area (Å²) in [5.41, 5.74) is 0.0397. The summed E-state index contributed by atoms with van der Waals surface area (Å²) in [5, 5.41) is 0. The molecule has 0 aliphatic rings. The van der Waals surface area contributed by atoms with Gasteiger partial charge in [0, 0.05) is 6.20 Å². The molecule has 0 radical (unpaired) electrons. The van der Waals surface area contributed by atoms with Crippen LogP contribution in [-0.4, -0.2) is 19.2 Å². The molecule has 1 rings (SSSR count). The quantitative estimate of drug-likeness (QED) is 0.844. The third-order valence-corrected chi connectivity index (χ3v) is 3.68. The minimum absolute atomic E-state index is 0.0727. The van der Waals surface area contributed by atoms with Crippen molar-refractivity contribution in [3.8, 4) is 0 Å². The molecular weight excluding hydrogens is 212 g/mol. The van der Waals surface area contributed by atoms with E-state index in [1.165, 1.54) is 0 Å². The van der Waals surface area contributed by atoms with E-state index in [0.717, 1.165) is 0 Å². The fourth-order valence-corrected chi connectivity index (χ4v) is 2.27. The van der Waals surface area contributed by atoms with Crippen molar-refractivity contribution < 1.29 is 8.42 Å². The number of nitrogens with zero attached hydrogens (tertiary/aromatic N) is 1. The molecule has 0 bridgehead atoms. The van der Waals surface area contributed by atoms with E-state index in [2.05, 4.69) is 9.71 Å². The second-order valence-electron chi connectivity index (χ2n) is 3.85. The lowest BCUT2D eigenvalue weighted by Gasteiger charge is -2.24. The summed E-state index contributed by atoms with van der Waals surface area (Å²) in [5.74, 6) is 0.0727. The Kier molecular flexibility index (Phi) is 3.46. The molecule has 0 aliphatic heterocycles. The fraction of sp³-hybridized carbons (Fsp3) is 0.500. The Balaban J connectivity index is 2.95. The van der Waals surface area contributed by atoms with Crippen molar-refractivity contribution in [3.05, 3.63) is 30.1 Å². The van der Waals surface area contributed by atoms with E-state index < -0.39 is 15.6 Å². The van der Waals surface area contributed by atoms with E-state index in [1.807, 2.05) is 6.07 Å². The number of nitrogens with one attached hydrogen (secondary N) is 1. The number of hydrogen-bond acceptors (Lipinski definition) is 3. The maximum atomic E-state index is 11.4. The first kappa shape index (κ1) is 12.1. The van der Waals surface area contributed by atoms with Crippen LogP contribution in [0.4, 0.5) is 0 Å². The van der Waals surface area contributed by atoms with Crippen molar-refractivity contribution in [1.82, 2.24) is 9.71 Å². The van der Waals surface area contributed by atoms with Crippen LogP contribution in [0.5, 0.6) is 0 Å². The monoisotopic (exact) mass is 228 g/mol. The van der Waals surface area contributed by atoms with E-state index in [0.29, 0.717) is 5.69 Å². The first-order valence-electron chi connectivity index (χ1n) is 4.80. The SMILES string of the molecule is CCS(=O)(=O)NC(C)(C)c1ccccn1. The molecular formula is C10H16N2O2S. The molecule has 5 heteroatoms. The number of pyridine rings is 1. The van der Waals surface area contributed by atoms with Crippen molar-refractivity contribution >= 4 is 10.0 Å². The van der Waals surface area contributed by atoms with Crippen molar-refractivity contribution in [3.63, 3.8) is 0 Å². The topological polar surface area (TPSA) is 59.1 Å². The van der Waals surface area contributed by atoms with Gasteiger partial charge in [-0.1, -0.05) is 6.07 Å². The van der Waals surface area contributed by atoms with Crippen LogP contribution in [0.25, 0.3) is 0 Å². The van der Waals surface area contributed by atoms with Gasteiger partial charge in [0.15, 0.2) is 0 Å². The molecule has 0 amide bonds. The van der Waals surface area contributed by atoms with Crippen LogP contribution in [0, 0.1) is 0 Å². The molecule has 0 saturated carbocycles. The summed E-state index contributed by atoms with van der Waals surface area (Å²) in [7, 11) is -3.22. The van der Waals surface area contributed by atoms with Crippen molar-refractivity contribution in [2.75, 3.05) is 5.75 Å². The summed E-state index contributed by atoms with van der Waals surface area (Å²) in [6, 6.07) is 5.44. The van der Waals surface area contributed by atoms with Gasteiger partial charge in [-0.3, -0.25) is 4.98 Å². The second kappa shape index (κ2) is 4.28. The molecule has 0 saturated heterocycles. The largest absolute Gasteiger partial charge is 0.259 e. The Hall–Kier alpha value is -0.940. The molecule has 0 atom stereocenters. The van der Waals surface area contributed by atoms with Gasteiger partial charge in [0.2, 0.25) is 10.0 Å². The zero-order valence-corrected chi connectivity index (χ0v) is 10.0. The molecule has 15 heavy (non-hydrogen) atoms. The molecule has 1 N–H and O–H groups in total. The van der Waals surface area contributed by atoms with Gasteiger partial charge < -0.3 is 0 Å². The average molecular weight is 228 g/mol. The lowest BCUT2D eigenvalue weighted by Crippen LogP contribution is -2.42. The van der Waals surface area contributed by atoms with E-state index in [1.54, 1.807) is 39.1 Å². The first-order chi connectivity index (χ1) is 6.87. The molecule has 0 aliphatic carbocycles.